The molecule has 6 heteroatoms. The summed E-state index contributed by atoms with van der Waals surface area (Å²) >= 11 is 1.44. The molecule has 0 aromatic heterocycles. The Balaban J connectivity index is 1.64. The molecule has 0 bridgehead atoms. The van der Waals surface area contributed by atoms with Crippen LogP contribution in [-0.2, 0) is 14.6 Å². The van der Waals surface area contributed by atoms with E-state index >= 15 is 0 Å². The highest BCUT2D eigenvalue weighted by Gasteiger charge is 2.09. The zero-order valence-corrected chi connectivity index (χ0v) is 15.2. The average molecular weight is 371 g/mol. The lowest BCUT2D eigenvalue weighted by Crippen LogP contribution is -2.14. The number of amides is 1. The predicted molar refractivity (Wildman–Crippen MR) is 103 cm³/mol. The fourth-order valence-electron chi connectivity index (χ4n) is 2.41. The number of hydrogen-bond acceptors (Lipinski definition) is 4. The van der Waals surface area contributed by atoms with Gasteiger partial charge in [0.1, 0.15) is 0 Å². The Morgan fingerprint density at radius 2 is 1.72 bits per heavy atom. The number of fused-ring (bicyclic) bond motifs is 1. The Kier molecular flexibility index (Phi) is 5.11. The van der Waals surface area contributed by atoms with Gasteiger partial charge in [-0.25, -0.2) is 8.42 Å². The molecule has 4 nitrogen and oxygen atoms in total. The van der Waals surface area contributed by atoms with Gasteiger partial charge in [0.25, 0.3) is 0 Å². The fraction of sp³-hybridized carbons (Fsp3) is 0.105. The SMILES string of the molecule is CS(=O)(=O)c1cccc(NC(=O)CSc2ccc3ccccc3c2)c1. The van der Waals surface area contributed by atoms with Crippen LogP contribution in [0.2, 0.25) is 0 Å². The van der Waals surface area contributed by atoms with Gasteiger partial charge < -0.3 is 5.32 Å². The minimum Gasteiger partial charge on any atom is -0.325 e. The lowest BCUT2D eigenvalue weighted by molar-refractivity contribution is -0.113. The van der Waals surface area contributed by atoms with Crippen molar-refractivity contribution in [2.24, 2.45) is 0 Å². The third-order valence-corrected chi connectivity index (χ3v) is 5.74. The highest BCUT2D eigenvalue weighted by atomic mass is 32.2. The van der Waals surface area contributed by atoms with E-state index in [2.05, 4.69) is 11.4 Å². The number of hydrogen-bond donors (Lipinski definition) is 1. The number of anilines is 1. The molecule has 128 valence electrons. The van der Waals surface area contributed by atoms with Crippen molar-refractivity contribution in [3.63, 3.8) is 0 Å². The maximum Gasteiger partial charge on any atom is 0.234 e. The van der Waals surface area contributed by atoms with Crippen LogP contribution < -0.4 is 5.32 Å². The minimum absolute atomic E-state index is 0.177. The van der Waals surface area contributed by atoms with E-state index in [1.54, 1.807) is 12.1 Å². The Labute approximate surface area is 151 Å². The molecular weight excluding hydrogens is 354 g/mol. The topological polar surface area (TPSA) is 63.2 Å². The number of sulfone groups is 1. The van der Waals surface area contributed by atoms with Gasteiger partial charge in [0.15, 0.2) is 9.84 Å². The van der Waals surface area contributed by atoms with E-state index in [0.29, 0.717) is 5.69 Å². The van der Waals surface area contributed by atoms with Crippen LogP contribution in [0.5, 0.6) is 0 Å². The van der Waals surface area contributed by atoms with Crippen molar-refractivity contribution in [3.8, 4) is 0 Å². The third-order valence-electron chi connectivity index (χ3n) is 3.64. The van der Waals surface area contributed by atoms with E-state index in [1.807, 2.05) is 36.4 Å². The van der Waals surface area contributed by atoms with Gasteiger partial charge in [-0.15, -0.1) is 11.8 Å². The maximum absolute atomic E-state index is 12.1. The van der Waals surface area contributed by atoms with Crippen molar-refractivity contribution in [1.82, 2.24) is 0 Å². The number of nitrogens with one attached hydrogen (secondary N) is 1. The Morgan fingerprint density at radius 3 is 2.48 bits per heavy atom. The highest BCUT2D eigenvalue weighted by molar-refractivity contribution is 8.00. The smallest absolute Gasteiger partial charge is 0.234 e. The largest absolute Gasteiger partial charge is 0.325 e. The van der Waals surface area contributed by atoms with Crippen LogP contribution >= 0.6 is 11.8 Å². The summed E-state index contributed by atoms with van der Waals surface area (Å²) in [5.74, 6) is 0.0744. The lowest BCUT2D eigenvalue weighted by Gasteiger charge is -2.07. The average Bonchev–Trinajstić information content (AvgIpc) is 2.59. The van der Waals surface area contributed by atoms with Gasteiger partial charge in [-0.2, -0.15) is 0 Å². The van der Waals surface area contributed by atoms with Crippen LogP contribution in [0.15, 0.2) is 76.5 Å². The first-order chi connectivity index (χ1) is 11.9. The van der Waals surface area contributed by atoms with E-state index in [9.17, 15) is 13.2 Å². The van der Waals surface area contributed by atoms with Crippen LogP contribution in [0.1, 0.15) is 0 Å². The van der Waals surface area contributed by atoms with E-state index in [-0.39, 0.29) is 16.6 Å². The molecule has 25 heavy (non-hydrogen) atoms. The molecule has 0 atom stereocenters. The van der Waals surface area contributed by atoms with Crippen molar-refractivity contribution in [2.45, 2.75) is 9.79 Å². The highest BCUT2D eigenvalue weighted by Crippen LogP contribution is 2.24. The molecule has 0 spiro atoms. The molecule has 0 radical (unpaired) electrons. The number of benzene rings is 3. The van der Waals surface area contributed by atoms with Crippen LogP contribution in [0.3, 0.4) is 0 Å². The number of rotatable bonds is 5. The number of thioether (sulfide) groups is 1. The van der Waals surface area contributed by atoms with Gasteiger partial charge in [0.2, 0.25) is 5.91 Å². The third kappa shape index (κ3) is 4.61. The van der Waals surface area contributed by atoms with Crippen molar-refractivity contribution in [2.75, 3.05) is 17.3 Å². The summed E-state index contributed by atoms with van der Waals surface area (Å²) in [7, 11) is -3.29. The first-order valence-electron chi connectivity index (χ1n) is 7.63. The number of carbonyl (C=O) groups is 1. The van der Waals surface area contributed by atoms with Gasteiger partial charge in [-0.1, -0.05) is 36.4 Å². The first-order valence-corrected chi connectivity index (χ1v) is 10.5. The second kappa shape index (κ2) is 7.29. The quantitative estimate of drug-likeness (QED) is 0.689. The molecule has 3 aromatic carbocycles. The van der Waals surface area contributed by atoms with Crippen LogP contribution in [-0.4, -0.2) is 26.3 Å². The normalized spacial score (nSPS) is 11.4. The second-order valence-corrected chi connectivity index (χ2v) is 8.71. The van der Waals surface area contributed by atoms with Crippen molar-refractivity contribution in [1.29, 1.82) is 0 Å². The summed E-state index contributed by atoms with van der Waals surface area (Å²) in [5, 5.41) is 5.03. The van der Waals surface area contributed by atoms with Crippen molar-refractivity contribution >= 4 is 44.0 Å². The summed E-state index contributed by atoms with van der Waals surface area (Å²) in [5.41, 5.74) is 0.479. The zero-order chi connectivity index (χ0) is 17.9. The lowest BCUT2D eigenvalue weighted by atomic mass is 10.1. The molecule has 0 aliphatic rings. The molecule has 0 saturated carbocycles. The Bertz CT molecular complexity index is 1030. The van der Waals surface area contributed by atoms with Crippen LogP contribution in [0.4, 0.5) is 5.69 Å². The molecule has 3 aromatic rings. The van der Waals surface area contributed by atoms with Gasteiger partial charge in [-0.3, -0.25) is 4.79 Å². The second-order valence-electron chi connectivity index (χ2n) is 5.65. The van der Waals surface area contributed by atoms with Gasteiger partial charge in [0, 0.05) is 16.8 Å². The molecular formula is C19H17NO3S2. The molecule has 0 heterocycles. The predicted octanol–water partition coefficient (Wildman–Crippen LogP) is 3.97. The summed E-state index contributed by atoms with van der Waals surface area (Å²) in [6.07, 6.45) is 1.14. The first kappa shape index (κ1) is 17.5. The molecule has 0 unspecified atom stereocenters. The van der Waals surface area contributed by atoms with E-state index in [0.717, 1.165) is 21.9 Å². The zero-order valence-electron chi connectivity index (χ0n) is 13.6. The van der Waals surface area contributed by atoms with Crippen molar-refractivity contribution < 1.29 is 13.2 Å². The van der Waals surface area contributed by atoms with Crippen LogP contribution in [0.25, 0.3) is 10.8 Å². The van der Waals surface area contributed by atoms with Gasteiger partial charge in [-0.05, 0) is 41.1 Å². The molecule has 0 saturated heterocycles. The van der Waals surface area contributed by atoms with E-state index in [4.69, 9.17) is 0 Å². The summed E-state index contributed by atoms with van der Waals surface area (Å²) in [6.45, 7) is 0. The van der Waals surface area contributed by atoms with Crippen molar-refractivity contribution in [3.05, 3.63) is 66.7 Å². The molecule has 1 N–H and O–H groups in total. The molecule has 0 fully saturated rings. The minimum atomic E-state index is -3.29. The summed E-state index contributed by atoms with van der Waals surface area (Å²) < 4.78 is 23.1. The Morgan fingerprint density at radius 1 is 0.960 bits per heavy atom. The van der Waals surface area contributed by atoms with E-state index < -0.39 is 9.84 Å². The van der Waals surface area contributed by atoms with Gasteiger partial charge in [0.05, 0.1) is 10.6 Å². The maximum atomic E-state index is 12.1. The standard InChI is InChI=1S/C19H17NO3S2/c1-25(22,23)18-8-4-7-16(12-18)20-19(21)13-24-17-10-9-14-5-2-3-6-15(14)11-17/h2-12H,13H2,1H3,(H,20,21). The fourth-order valence-corrected chi connectivity index (χ4v) is 3.82. The Hall–Kier alpha value is -2.31. The van der Waals surface area contributed by atoms with Crippen LogP contribution in [0, 0.1) is 0 Å². The molecule has 0 aliphatic heterocycles. The molecule has 0 aliphatic carbocycles. The molecule has 3 rings (SSSR count). The monoisotopic (exact) mass is 371 g/mol. The van der Waals surface area contributed by atoms with E-state index in [1.165, 1.54) is 23.9 Å². The van der Waals surface area contributed by atoms with Gasteiger partial charge >= 0.3 is 0 Å². The summed E-state index contributed by atoms with van der Waals surface area (Å²) in [4.78, 5) is 13.3. The molecule has 1 amide bonds. The summed E-state index contributed by atoms with van der Waals surface area (Å²) in [6, 6.07) is 20.4. The number of carbonyl (C=O) groups excluding carboxylic acids is 1.